The van der Waals surface area contributed by atoms with Crippen molar-refractivity contribution in [2.45, 2.75) is 32.6 Å². The van der Waals surface area contributed by atoms with Gasteiger partial charge in [-0.1, -0.05) is 19.0 Å². The fourth-order valence-corrected chi connectivity index (χ4v) is 1.07. The quantitative estimate of drug-likeness (QED) is 0.754. The maximum atomic E-state index is 11.5. The van der Waals surface area contributed by atoms with E-state index in [0.717, 1.165) is 0 Å². The first-order valence-electron chi connectivity index (χ1n) is 4.75. The zero-order valence-corrected chi connectivity index (χ0v) is 9.91. The Morgan fingerprint density at radius 3 is 2.73 bits per heavy atom. The molecule has 1 aromatic rings. The third-order valence-electron chi connectivity index (χ3n) is 1.88. The van der Waals surface area contributed by atoms with Crippen molar-refractivity contribution in [3.8, 4) is 0 Å². The number of rotatable bonds is 4. The molecule has 1 N–H and O–H groups in total. The average Bonchev–Trinajstić information content (AvgIpc) is 2.59. The van der Waals surface area contributed by atoms with E-state index >= 15 is 0 Å². The van der Waals surface area contributed by atoms with Gasteiger partial charge in [0.2, 0.25) is 11.8 Å². The van der Waals surface area contributed by atoms with Crippen LogP contribution in [0, 0.1) is 12.8 Å². The Hall–Kier alpha value is -1.04. The SMILES string of the molecule is Cc1noc(CNC(=O)C(S)C(C)C)n1. The second kappa shape index (κ2) is 5.16. The molecule has 0 aliphatic heterocycles. The van der Waals surface area contributed by atoms with Crippen LogP contribution in [-0.2, 0) is 11.3 Å². The highest BCUT2D eigenvalue weighted by molar-refractivity contribution is 7.81. The van der Waals surface area contributed by atoms with Crippen molar-refractivity contribution in [3.05, 3.63) is 11.7 Å². The van der Waals surface area contributed by atoms with Crippen LogP contribution in [0.4, 0.5) is 0 Å². The number of amides is 1. The molecular formula is C9H15N3O2S. The fraction of sp³-hybridized carbons (Fsp3) is 0.667. The van der Waals surface area contributed by atoms with Gasteiger partial charge in [-0.3, -0.25) is 4.79 Å². The smallest absolute Gasteiger partial charge is 0.246 e. The summed E-state index contributed by atoms with van der Waals surface area (Å²) in [7, 11) is 0. The molecule has 0 spiro atoms. The number of carbonyl (C=O) groups is 1. The number of hydrogen-bond acceptors (Lipinski definition) is 5. The van der Waals surface area contributed by atoms with E-state index < -0.39 is 0 Å². The highest BCUT2D eigenvalue weighted by Crippen LogP contribution is 2.08. The van der Waals surface area contributed by atoms with E-state index in [0.29, 0.717) is 11.7 Å². The first-order valence-corrected chi connectivity index (χ1v) is 5.27. The Balaban J connectivity index is 2.40. The molecule has 1 unspecified atom stereocenters. The minimum Gasteiger partial charge on any atom is -0.346 e. The van der Waals surface area contributed by atoms with Gasteiger partial charge in [-0.25, -0.2) is 0 Å². The van der Waals surface area contributed by atoms with Crippen LogP contribution in [0.2, 0.25) is 0 Å². The summed E-state index contributed by atoms with van der Waals surface area (Å²) < 4.78 is 4.85. The van der Waals surface area contributed by atoms with Crippen LogP contribution < -0.4 is 5.32 Å². The monoisotopic (exact) mass is 229 g/mol. The Morgan fingerprint density at radius 2 is 2.27 bits per heavy atom. The van der Waals surface area contributed by atoms with Crippen molar-refractivity contribution in [3.63, 3.8) is 0 Å². The van der Waals surface area contributed by atoms with Gasteiger partial charge in [-0.05, 0) is 12.8 Å². The minimum atomic E-state index is -0.311. The predicted octanol–water partition coefficient (Wildman–Crippen LogP) is 0.949. The maximum absolute atomic E-state index is 11.5. The second-order valence-electron chi connectivity index (χ2n) is 3.64. The van der Waals surface area contributed by atoms with Crippen LogP contribution in [0.25, 0.3) is 0 Å². The van der Waals surface area contributed by atoms with Crippen LogP contribution in [0.3, 0.4) is 0 Å². The van der Waals surface area contributed by atoms with Crippen molar-refractivity contribution in [1.82, 2.24) is 15.5 Å². The summed E-state index contributed by atoms with van der Waals surface area (Å²) in [5.41, 5.74) is 0. The first kappa shape index (κ1) is 12.0. The molecule has 5 nitrogen and oxygen atoms in total. The van der Waals surface area contributed by atoms with Crippen LogP contribution in [0.5, 0.6) is 0 Å². The zero-order chi connectivity index (χ0) is 11.4. The number of nitrogens with zero attached hydrogens (tertiary/aromatic N) is 2. The number of thiol groups is 1. The normalized spacial score (nSPS) is 12.9. The van der Waals surface area contributed by atoms with Crippen molar-refractivity contribution in [2.24, 2.45) is 5.92 Å². The highest BCUT2D eigenvalue weighted by atomic mass is 32.1. The lowest BCUT2D eigenvalue weighted by molar-refractivity contribution is -0.121. The minimum absolute atomic E-state index is 0.121. The third-order valence-corrected chi connectivity index (χ3v) is 2.71. The summed E-state index contributed by atoms with van der Waals surface area (Å²) in [6.07, 6.45) is 0. The highest BCUT2D eigenvalue weighted by Gasteiger charge is 2.17. The van der Waals surface area contributed by atoms with Crippen molar-refractivity contribution < 1.29 is 9.32 Å². The predicted molar refractivity (Wildman–Crippen MR) is 58.5 cm³/mol. The number of hydrogen-bond donors (Lipinski definition) is 2. The van der Waals surface area contributed by atoms with Crippen LogP contribution in [-0.4, -0.2) is 21.3 Å². The summed E-state index contributed by atoms with van der Waals surface area (Å²) in [5, 5.41) is 5.99. The summed E-state index contributed by atoms with van der Waals surface area (Å²) in [6.45, 7) is 5.86. The second-order valence-corrected chi connectivity index (χ2v) is 4.20. The van der Waals surface area contributed by atoms with Crippen molar-refractivity contribution in [2.75, 3.05) is 0 Å². The first-order chi connectivity index (χ1) is 7.00. The summed E-state index contributed by atoms with van der Waals surface area (Å²) in [6, 6.07) is 0. The summed E-state index contributed by atoms with van der Waals surface area (Å²) in [4.78, 5) is 15.5. The molecule has 1 aromatic heterocycles. The van der Waals surface area contributed by atoms with E-state index in [4.69, 9.17) is 4.52 Å². The van der Waals surface area contributed by atoms with E-state index in [2.05, 4.69) is 28.1 Å². The lowest BCUT2D eigenvalue weighted by atomic mass is 10.1. The van der Waals surface area contributed by atoms with Gasteiger partial charge in [0.15, 0.2) is 5.82 Å². The molecule has 0 aromatic carbocycles. The van der Waals surface area contributed by atoms with Gasteiger partial charge < -0.3 is 9.84 Å². The van der Waals surface area contributed by atoms with Gasteiger partial charge in [0.25, 0.3) is 0 Å². The molecule has 0 saturated carbocycles. The van der Waals surface area contributed by atoms with Gasteiger partial charge >= 0.3 is 0 Å². The Labute approximate surface area is 94.0 Å². The molecule has 15 heavy (non-hydrogen) atoms. The molecule has 0 aliphatic carbocycles. The average molecular weight is 229 g/mol. The van der Waals surface area contributed by atoms with E-state index in [-0.39, 0.29) is 23.6 Å². The van der Waals surface area contributed by atoms with Crippen molar-refractivity contribution in [1.29, 1.82) is 0 Å². The molecule has 6 heteroatoms. The number of aryl methyl sites for hydroxylation is 1. The molecule has 1 heterocycles. The standard InChI is InChI=1S/C9H15N3O2S/c1-5(2)8(15)9(13)10-4-7-11-6(3)12-14-7/h5,8,15H,4H2,1-3H3,(H,10,13). The van der Waals surface area contributed by atoms with E-state index in [1.165, 1.54) is 0 Å². The molecule has 1 rings (SSSR count). The molecule has 0 radical (unpaired) electrons. The van der Waals surface area contributed by atoms with Gasteiger partial charge in [0, 0.05) is 0 Å². The molecule has 0 aliphatic rings. The van der Waals surface area contributed by atoms with Gasteiger partial charge in [0.1, 0.15) is 0 Å². The molecule has 0 fully saturated rings. The maximum Gasteiger partial charge on any atom is 0.246 e. The van der Waals surface area contributed by atoms with Gasteiger partial charge in [0.05, 0.1) is 11.8 Å². The van der Waals surface area contributed by atoms with Crippen molar-refractivity contribution >= 4 is 18.5 Å². The molecule has 1 amide bonds. The van der Waals surface area contributed by atoms with Crippen LogP contribution >= 0.6 is 12.6 Å². The molecule has 0 bridgehead atoms. The Bertz CT molecular complexity index is 338. The van der Waals surface area contributed by atoms with E-state index in [1.807, 2.05) is 13.8 Å². The Kier molecular flexibility index (Phi) is 4.14. The molecule has 84 valence electrons. The lowest BCUT2D eigenvalue weighted by Crippen LogP contribution is -2.34. The summed E-state index contributed by atoms with van der Waals surface area (Å²) in [5.74, 6) is 1.04. The number of carbonyl (C=O) groups excluding carboxylic acids is 1. The van der Waals surface area contributed by atoms with Gasteiger partial charge in [-0.15, -0.1) is 0 Å². The van der Waals surface area contributed by atoms with E-state index in [1.54, 1.807) is 6.92 Å². The molecular weight excluding hydrogens is 214 g/mol. The van der Waals surface area contributed by atoms with Crippen LogP contribution in [0.15, 0.2) is 4.52 Å². The molecule has 0 saturated heterocycles. The van der Waals surface area contributed by atoms with E-state index in [9.17, 15) is 4.79 Å². The molecule has 1 atom stereocenters. The third kappa shape index (κ3) is 3.54. The number of nitrogens with one attached hydrogen (secondary N) is 1. The largest absolute Gasteiger partial charge is 0.346 e. The van der Waals surface area contributed by atoms with Gasteiger partial charge in [-0.2, -0.15) is 17.6 Å². The zero-order valence-electron chi connectivity index (χ0n) is 9.02. The number of aromatic nitrogens is 2. The lowest BCUT2D eigenvalue weighted by Gasteiger charge is -2.13. The topological polar surface area (TPSA) is 68.0 Å². The summed E-state index contributed by atoms with van der Waals surface area (Å²) >= 11 is 4.19. The van der Waals surface area contributed by atoms with Crippen LogP contribution in [0.1, 0.15) is 25.6 Å². The Morgan fingerprint density at radius 1 is 1.60 bits per heavy atom. The fourth-order valence-electron chi connectivity index (χ4n) is 0.982.